The summed E-state index contributed by atoms with van der Waals surface area (Å²) in [5, 5.41) is 18.3. The summed E-state index contributed by atoms with van der Waals surface area (Å²) < 4.78 is 5.78. The smallest absolute Gasteiger partial charge is 0.414 e. The lowest BCUT2D eigenvalue weighted by molar-refractivity contribution is -0.159. The van der Waals surface area contributed by atoms with E-state index in [-0.39, 0.29) is 0 Å². The molecular formula is C22H38N2O5. The van der Waals surface area contributed by atoms with E-state index in [0.29, 0.717) is 0 Å². The number of carboxylic acids is 2. The molecule has 0 aromatic heterocycles. The maximum Gasteiger partial charge on any atom is 0.414 e. The van der Waals surface area contributed by atoms with Gasteiger partial charge in [-0.1, -0.05) is 52.2 Å². The number of benzene rings is 1. The molecule has 0 aliphatic heterocycles. The number of aliphatic carboxylic acids is 2. The van der Waals surface area contributed by atoms with Crippen LogP contribution >= 0.6 is 0 Å². The van der Waals surface area contributed by atoms with Crippen molar-refractivity contribution in [2.24, 2.45) is 0 Å². The molecule has 0 unspecified atom stereocenters. The first-order valence-electron chi connectivity index (χ1n) is 10.6. The summed E-state index contributed by atoms with van der Waals surface area (Å²) in [6.45, 7) is 13.0. The fourth-order valence-electron chi connectivity index (χ4n) is 2.62. The van der Waals surface area contributed by atoms with Crippen molar-refractivity contribution in [2.75, 3.05) is 32.8 Å². The van der Waals surface area contributed by atoms with Crippen LogP contribution in [0.15, 0.2) is 24.3 Å². The number of ether oxygens (including phenoxy) is 1. The highest BCUT2D eigenvalue weighted by Gasteiger charge is 2.04. The first kappa shape index (κ1) is 26.9. The molecule has 7 nitrogen and oxygen atoms in total. The van der Waals surface area contributed by atoms with Gasteiger partial charge < -0.3 is 25.2 Å². The Morgan fingerprint density at radius 2 is 1.55 bits per heavy atom. The third kappa shape index (κ3) is 15.5. The van der Waals surface area contributed by atoms with E-state index in [1.54, 1.807) is 0 Å². The molecule has 166 valence electrons. The zero-order valence-electron chi connectivity index (χ0n) is 18.2. The molecule has 0 saturated heterocycles. The highest BCUT2D eigenvalue weighted by atomic mass is 16.5. The van der Waals surface area contributed by atoms with Gasteiger partial charge in [-0.15, -0.1) is 0 Å². The van der Waals surface area contributed by atoms with Gasteiger partial charge in [0, 0.05) is 6.54 Å². The van der Waals surface area contributed by atoms with Crippen LogP contribution in [0.25, 0.3) is 0 Å². The number of nitrogens with zero attached hydrogens (tertiary/aromatic N) is 1. The van der Waals surface area contributed by atoms with Gasteiger partial charge in [-0.05, 0) is 56.7 Å². The average molecular weight is 411 g/mol. The number of unbranched alkanes of at least 4 members (excludes halogenated alkanes) is 3. The minimum atomic E-state index is -1.82. The highest BCUT2D eigenvalue weighted by molar-refractivity contribution is 6.27. The van der Waals surface area contributed by atoms with Crippen molar-refractivity contribution in [2.45, 2.75) is 59.4 Å². The predicted octanol–water partition coefficient (Wildman–Crippen LogP) is 3.62. The maximum atomic E-state index is 9.10. The van der Waals surface area contributed by atoms with Crippen molar-refractivity contribution in [3.8, 4) is 5.75 Å². The van der Waals surface area contributed by atoms with E-state index < -0.39 is 11.9 Å². The Bertz CT molecular complexity index is 533. The van der Waals surface area contributed by atoms with E-state index in [2.05, 4.69) is 55.3 Å². The largest absolute Gasteiger partial charge is 0.494 e. The van der Waals surface area contributed by atoms with Gasteiger partial charge in [-0.2, -0.15) is 0 Å². The van der Waals surface area contributed by atoms with E-state index in [1.807, 2.05) is 0 Å². The molecule has 7 heteroatoms. The number of hydrogen-bond donors (Lipinski definition) is 3. The van der Waals surface area contributed by atoms with Gasteiger partial charge in [0.25, 0.3) is 0 Å². The molecule has 0 amide bonds. The Kier molecular flexibility index (Phi) is 16.6. The minimum absolute atomic E-state index is 0.836. The molecular weight excluding hydrogens is 372 g/mol. The van der Waals surface area contributed by atoms with Crippen LogP contribution in [0.5, 0.6) is 5.75 Å². The minimum Gasteiger partial charge on any atom is -0.494 e. The Balaban J connectivity index is 0.00000113. The highest BCUT2D eigenvalue weighted by Crippen LogP contribution is 2.13. The van der Waals surface area contributed by atoms with Gasteiger partial charge in [0.05, 0.1) is 6.61 Å². The summed E-state index contributed by atoms with van der Waals surface area (Å²) in [4.78, 5) is 20.7. The van der Waals surface area contributed by atoms with Crippen LogP contribution < -0.4 is 10.1 Å². The summed E-state index contributed by atoms with van der Waals surface area (Å²) in [5.41, 5.74) is 1.33. The molecule has 0 fully saturated rings. The Morgan fingerprint density at radius 1 is 0.931 bits per heavy atom. The van der Waals surface area contributed by atoms with Crippen LogP contribution in [0.1, 0.15) is 58.4 Å². The van der Waals surface area contributed by atoms with E-state index in [1.165, 1.54) is 37.8 Å². The van der Waals surface area contributed by atoms with E-state index in [0.717, 1.165) is 45.0 Å². The van der Waals surface area contributed by atoms with Crippen molar-refractivity contribution >= 4 is 11.9 Å². The molecule has 1 aromatic rings. The van der Waals surface area contributed by atoms with Crippen LogP contribution in [0.4, 0.5) is 0 Å². The van der Waals surface area contributed by atoms with Gasteiger partial charge in [0.15, 0.2) is 0 Å². The summed E-state index contributed by atoms with van der Waals surface area (Å²) in [5.74, 6) is -2.66. The lowest BCUT2D eigenvalue weighted by atomic mass is 10.2. The zero-order valence-corrected chi connectivity index (χ0v) is 18.2. The quantitative estimate of drug-likeness (QED) is 0.318. The predicted molar refractivity (Wildman–Crippen MR) is 115 cm³/mol. The lowest BCUT2D eigenvalue weighted by Crippen LogP contribution is -2.27. The van der Waals surface area contributed by atoms with Crippen LogP contribution in [0.3, 0.4) is 0 Å². The molecule has 0 saturated carbocycles. The summed E-state index contributed by atoms with van der Waals surface area (Å²) in [6.07, 6.45) is 6.22. The van der Waals surface area contributed by atoms with Gasteiger partial charge in [-0.3, -0.25) is 0 Å². The molecule has 0 spiro atoms. The van der Waals surface area contributed by atoms with Crippen molar-refractivity contribution < 1.29 is 24.5 Å². The summed E-state index contributed by atoms with van der Waals surface area (Å²) in [7, 11) is 0. The van der Waals surface area contributed by atoms with Gasteiger partial charge in [-0.25, -0.2) is 9.59 Å². The van der Waals surface area contributed by atoms with Crippen molar-refractivity contribution in [3.63, 3.8) is 0 Å². The molecule has 0 heterocycles. The number of hydrogen-bond acceptors (Lipinski definition) is 5. The van der Waals surface area contributed by atoms with Crippen molar-refractivity contribution in [3.05, 3.63) is 29.8 Å². The first-order valence-corrected chi connectivity index (χ1v) is 10.6. The second kappa shape index (κ2) is 17.9. The standard InChI is InChI=1S/C20H36N2O.C2H2O4/c1-4-7-8-9-17-23-20-13-11-19(12-14-20)18-21-15-10-16-22(5-2)6-3;3-1(4)2(5)6/h11-14,21H,4-10,15-18H2,1-3H3;(H,3,4)(H,5,6). The maximum absolute atomic E-state index is 9.10. The van der Waals surface area contributed by atoms with Crippen molar-refractivity contribution in [1.29, 1.82) is 0 Å². The van der Waals surface area contributed by atoms with Crippen LogP contribution in [-0.4, -0.2) is 59.8 Å². The fraction of sp³-hybridized carbons (Fsp3) is 0.636. The monoisotopic (exact) mass is 410 g/mol. The average Bonchev–Trinajstić information content (AvgIpc) is 2.72. The molecule has 0 atom stereocenters. The van der Waals surface area contributed by atoms with Crippen LogP contribution in [0.2, 0.25) is 0 Å². The topological polar surface area (TPSA) is 99.1 Å². The van der Waals surface area contributed by atoms with E-state index in [4.69, 9.17) is 24.5 Å². The second-order valence-corrected chi connectivity index (χ2v) is 6.72. The summed E-state index contributed by atoms with van der Waals surface area (Å²) >= 11 is 0. The van der Waals surface area contributed by atoms with Gasteiger partial charge in [0.1, 0.15) is 5.75 Å². The van der Waals surface area contributed by atoms with E-state index >= 15 is 0 Å². The molecule has 0 aliphatic carbocycles. The number of nitrogens with one attached hydrogen (secondary N) is 1. The third-order valence-corrected chi connectivity index (χ3v) is 4.42. The molecule has 0 radical (unpaired) electrons. The van der Waals surface area contributed by atoms with Crippen molar-refractivity contribution in [1.82, 2.24) is 10.2 Å². The number of carbonyl (C=O) groups is 2. The van der Waals surface area contributed by atoms with Crippen LogP contribution in [0, 0.1) is 0 Å². The Labute approximate surface area is 175 Å². The number of rotatable bonds is 14. The second-order valence-electron chi connectivity index (χ2n) is 6.72. The van der Waals surface area contributed by atoms with E-state index in [9.17, 15) is 0 Å². The molecule has 1 rings (SSSR count). The first-order chi connectivity index (χ1) is 13.9. The SMILES string of the molecule is CCCCCCOc1ccc(CNCCCN(CC)CC)cc1.O=C(O)C(=O)O. The molecule has 0 aliphatic rings. The summed E-state index contributed by atoms with van der Waals surface area (Å²) in [6, 6.07) is 8.51. The van der Waals surface area contributed by atoms with Crippen LogP contribution in [-0.2, 0) is 16.1 Å². The molecule has 3 N–H and O–H groups in total. The lowest BCUT2D eigenvalue weighted by Gasteiger charge is -2.17. The fourth-order valence-corrected chi connectivity index (χ4v) is 2.62. The normalized spacial score (nSPS) is 10.3. The van der Waals surface area contributed by atoms with Gasteiger partial charge >= 0.3 is 11.9 Å². The zero-order chi connectivity index (χ0) is 21.9. The van der Waals surface area contributed by atoms with Gasteiger partial charge in [0.2, 0.25) is 0 Å². The molecule has 1 aromatic carbocycles. The number of carboxylic acid groups (broad SMARTS) is 2. The Hall–Kier alpha value is -2.12. The molecule has 0 bridgehead atoms. The molecule has 29 heavy (non-hydrogen) atoms. The third-order valence-electron chi connectivity index (χ3n) is 4.42. The Morgan fingerprint density at radius 3 is 2.07 bits per heavy atom.